The highest BCUT2D eigenvalue weighted by Gasteiger charge is 2.33. The van der Waals surface area contributed by atoms with Crippen molar-refractivity contribution in [3.63, 3.8) is 0 Å². The predicted octanol–water partition coefficient (Wildman–Crippen LogP) is 5.50. The molecule has 1 fully saturated rings. The number of benzene rings is 1. The Kier molecular flexibility index (Phi) is 9.83. The van der Waals surface area contributed by atoms with Gasteiger partial charge in [0.25, 0.3) is 0 Å². The number of nitrogens with zero attached hydrogens (tertiary/aromatic N) is 1. The van der Waals surface area contributed by atoms with Crippen molar-refractivity contribution < 1.29 is 14.6 Å². The summed E-state index contributed by atoms with van der Waals surface area (Å²) in [4.78, 5) is 15.1. The van der Waals surface area contributed by atoms with Crippen LogP contribution in [0.25, 0.3) is 0 Å². The number of hydrogen-bond acceptors (Lipinski definition) is 4. The lowest BCUT2D eigenvalue weighted by Crippen LogP contribution is -2.39. The molecule has 0 bridgehead atoms. The Hall–Kier alpha value is -1.39. The highest BCUT2D eigenvalue weighted by atomic mass is 16.5. The summed E-state index contributed by atoms with van der Waals surface area (Å²) in [5, 5.41) is 10.3. The molecule has 3 atom stereocenters. The third kappa shape index (κ3) is 7.39. The summed E-state index contributed by atoms with van der Waals surface area (Å²) < 4.78 is 5.56. The maximum Gasteiger partial charge on any atom is 0.311 e. The van der Waals surface area contributed by atoms with E-state index in [4.69, 9.17) is 4.74 Å². The van der Waals surface area contributed by atoms with Gasteiger partial charge in [-0.3, -0.25) is 4.79 Å². The standard InChI is InChI=1S/C26H43NO3/c1-6-20(3)22-12-11-13-23(16-22)21(7-2)17-26(4,5)25(29)30-19-24(28)18-27-14-9-8-10-15-27/h11-13,16,20-21,24,28H,6-10,14-15,17-19H2,1-5H3. The highest BCUT2D eigenvalue weighted by Crippen LogP contribution is 2.36. The minimum atomic E-state index is -0.614. The van der Waals surface area contributed by atoms with Crippen LogP contribution in [0.1, 0.15) is 96.1 Å². The number of β-amino-alcohol motifs (C(OH)–C–C–N with tert-alkyl or cyclic N) is 1. The number of esters is 1. The summed E-state index contributed by atoms with van der Waals surface area (Å²) >= 11 is 0. The van der Waals surface area contributed by atoms with Crippen molar-refractivity contribution in [2.24, 2.45) is 5.41 Å². The lowest BCUT2D eigenvalue weighted by molar-refractivity contribution is -0.158. The van der Waals surface area contributed by atoms with Crippen LogP contribution >= 0.6 is 0 Å². The van der Waals surface area contributed by atoms with Gasteiger partial charge in [-0.2, -0.15) is 0 Å². The number of rotatable bonds is 11. The fourth-order valence-corrected chi connectivity index (χ4v) is 4.41. The molecule has 170 valence electrons. The number of ether oxygens (including phenoxy) is 1. The van der Waals surface area contributed by atoms with Gasteiger partial charge in [0.15, 0.2) is 0 Å². The molecule has 1 heterocycles. The normalized spacial score (nSPS) is 18.6. The first-order valence-corrected chi connectivity index (χ1v) is 11.9. The smallest absolute Gasteiger partial charge is 0.311 e. The third-order valence-electron chi connectivity index (χ3n) is 6.69. The topological polar surface area (TPSA) is 49.8 Å². The Morgan fingerprint density at radius 3 is 2.43 bits per heavy atom. The molecule has 0 spiro atoms. The maximum atomic E-state index is 12.8. The van der Waals surface area contributed by atoms with E-state index in [2.05, 4.69) is 49.9 Å². The fraction of sp³-hybridized carbons (Fsp3) is 0.731. The van der Waals surface area contributed by atoms with E-state index in [1.807, 2.05) is 13.8 Å². The lowest BCUT2D eigenvalue weighted by atomic mass is 9.78. The number of hydrogen-bond donors (Lipinski definition) is 1. The average molecular weight is 418 g/mol. The summed E-state index contributed by atoms with van der Waals surface area (Å²) in [7, 11) is 0. The van der Waals surface area contributed by atoms with E-state index < -0.39 is 11.5 Å². The Bertz CT molecular complexity index is 651. The molecule has 0 aliphatic carbocycles. The molecule has 30 heavy (non-hydrogen) atoms. The van der Waals surface area contributed by atoms with Gasteiger partial charge in [0.1, 0.15) is 12.7 Å². The van der Waals surface area contributed by atoms with Crippen molar-refractivity contribution in [1.29, 1.82) is 0 Å². The quantitative estimate of drug-likeness (QED) is 0.483. The van der Waals surface area contributed by atoms with Crippen LogP contribution in [-0.4, -0.2) is 48.3 Å². The summed E-state index contributed by atoms with van der Waals surface area (Å²) in [6.07, 6.45) is 5.89. The maximum absolute atomic E-state index is 12.8. The molecule has 3 unspecified atom stereocenters. The molecule has 2 rings (SSSR count). The zero-order valence-electron chi connectivity index (χ0n) is 19.8. The van der Waals surface area contributed by atoms with E-state index in [9.17, 15) is 9.90 Å². The third-order valence-corrected chi connectivity index (χ3v) is 6.69. The molecule has 1 saturated heterocycles. The van der Waals surface area contributed by atoms with Gasteiger partial charge in [0.2, 0.25) is 0 Å². The van der Waals surface area contributed by atoms with Crippen LogP contribution in [0.5, 0.6) is 0 Å². The van der Waals surface area contributed by atoms with Gasteiger partial charge in [-0.25, -0.2) is 0 Å². The summed E-state index contributed by atoms with van der Waals surface area (Å²) in [6.45, 7) is 13.3. The van der Waals surface area contributed by atoms with Crippen molar-refractivity contribution in [3.05, 3.63) is 35.4 Å². The van der Waals surface area contributed by atoms with Crippen LogP contribution in [0.2, 0.25) is 0 Å². The number of aliphatic hydroxyl groups is 1. The fourth-order valence-electron chi connectivity index (χ4n) is 4.41. The molecule has 1 aromatic carbocycles. The van der Waals surface area contributed by atoms with Gasteiger partial charge < -0.3 is 14.7 Å². The molecule has 0 radical (unpaired) electrons. The van der Waals surface area contributed by atoms with E-state index in [1.165, 1.54) is 30.4 Å². The first kappa shape index (κ1) is 24.9. The van der Waals surface area contributed by atoms with Crippen molar-refractivity contribution in [2.75, 3.05) is 26.2 Å². The van der Waals surface area contributed by atoms with Gasteiger partial charge in [-0.15, -0.1) is 0 Å². The Balaban J connectivity index is 1.91. The lowest BCUT2D eigenvalue weighted by Gasteiger charge is -2.30. The van der Waals surface area contributed by atoms with E-state index >= 15 is 0 Å². The van der Waals surface area contributed by atoms with Crippen LogP contribution in [0.4, 0.5) is 0 Å². The van der Waals surface area contributed by atoms with Crippen molar-refractivity contribution >= 4 is 5.97 Å². The first-order valence-electron chi connectivity index (χ1n) is 11.9. The van der Waals surface area contributed by atoms with Crippen LogP contribution < -0.4 is 0 Å². The van der Waals surface area contributed by atoms with Gasteiger partial charge >= 0.3 is 5.97 Å². The molecule has 1 aromatic rings. The van der Waals surface area contributed by atoms with Gasteiger partial charge in [0, 0.05) is 6.54 Å². The Morgan fingerprint density at radius 2 is 1.80 bits per heavy atom. The first-order chi connectivity index (χ1) is 14.3. The number of carbonyl (C=O) groups is 1. The van der Waals surface area contributed by atoms with E-state index in [-0.39, 0.29) is 12.6 Å². The largest absolute Gasteiger partial charge is 0.462 e. The zero-order valence-corrected chi connectivity index (χ0v) is 19.8. The molecular weight excluding hydrogens is 374 g/mol. The van der Waals surface area contributed by atoms with Crippen molar-refractivity contribution in [2.45, 2.75) is 91.1 Å². The second-order valence-corrected chi connectivity index (χ2v) is 9.79. The van der Waals surface area contributed by atoms with Crippen LogP contribution in [0, 0.1) is 5.41 Å². The number of likely N-dealkylation sites (tertiary alicyclic amines) is 1. The summed E-state index contributed by atoms with van der Waals surface area (Å²) in [6, 6.07) is 8.84. The second kappa shape index (κ2) is 11.9. The van der Waals surface area contributed by atoms with Gasteiger partial charge in [-0.1, -0.05) is 51.5 Å². The van der Waals surface area contributed by atoms with Crippen LogP contribution in [0.15, 0.2) is 24.3 Å². The van der Waals surface area contributed by atoms with Gasteiger partial charge in [0.05, 0.1) is 5.41 Å². The highest BCUT2D eigenvalue weighted by molar-refractivity contribution is 5.76. The molecule has 4 nitrogen and oxygen atoms in total. The van der Waals surface area contributed by atoms with Crippen LogP contribution in [-0.2, 0) is 9.53 Å². The zero-order chi connectivity index (χ0) is 22.1. The summed E-state index contributed by atoms with van der Waals surface area (Å²) in [5.74, 6) is 0.647. The van der Waals surface area contributed by atoms with Gasteiger partial charge in [-0.05, 0) is 82.0 Å². The minimum Gasteiger partial charge on any atom is -0.462 e. The molecule has 1 N–H and O–H groups in total. The molecule has 4 heteroatoms. The summed E-state index contributed by atoms with van der Waals surface area (Å²) in [5.41, 5.74) is 2.09. The SMILES string of the molecule is CCC(C)c1cccc(C(CC)CC(C)(C)C(=O)OCC(O)CN2CCCCC2)c1. The monoisotopic (exact) mass is 417 g/mol. The van der Waals surface area contributed by atoms with E-state index in [1.54, 1.807) is 0 Å². The van der Waals surface area contributed by atoms with E-state index in [0.29, 0.717) is 18.4 Å². The molecule has 0 amide bonds. The molecule has 1 aliphatic heterocycles. The molecule has 0 aromatic heterocycles. The van der Waals surface area contributed by atoms with Crippen molar-refractivity contribution in [3.8, 4) is 0 Å². The second-order valence-electron chi connectivity index (χ2n) is 9.79. The molecule has 1 aliphatic rings. The molecular formula is C26H43NO3. The van der Waals surface area contributed by atoms with Crippen molar-refractivity contribution in [1.82, 2.24) is 4.90 Å². The average Bonchev–Trinajstić information content (AvgIpc) is 2.76. The Labute approximate surface area is 184 Å². The van der Waals surface area contributed by atoms with Crippen LogP contribution in [0.3, 0.4) is 0 Å². The number of carbonyl (C=O) groups excluding carboxylic acids is 1. The Morgan fingerprint density at radius 1 is 1.13 bits per heavy atom. The van der Waals surface area contributed by atoms with E-state index in [0.717, 1.165) is 32.4 Å². The predicted molar refractivity (Wildman–Crippen MR) is 124 cm³/mol. The molecule has 0 saturated carbocycles. The minimum absolute atomic E-state index is 0.0824. The number of aliphatic hydroxyl groups excluding tert-OH is 1. The number of piperidine rings is 1.